The Morgan fingerprint density at radius 1 is 0.333 bits per heavy atom. The van der Waals surface area contributed by atoms with Gasteiger partial charge in [0.05, 0.1) is 0 Å². The molecule has 0 rings (SSSR count). The Balaban J connectivity index is 4.01. The van der Waals surface area contributed by atoms with Crippen LogP contribution in [0, 0.1) is 0 Å². The Hall–Kier alpha value is -1.85. The van der Waals surface area contributed by atoms with Crippen LogP contribution in [-0.2, 0) is 28.6 Å². The molecule has 0 bridgehead atoms. The van der Waals surface area contributed by atoms with Crippen LogP contribution in [0.15, 0.2) is 12.2 Å². The number of rotatable bonds is 46. The summed E-state index contributed by atoms with van der Waals surface area (Å²) in [6, 6.07) is 0. The molecule has 1 unspecified atom stereocenters. The quantitative estimate of drug-likeness (QED) is 0.0264. The van der Waals surface area contributed by atoms with E-state index in [2.05, 4.69) is 32.9 Å². The molecular weight excluding hydrogens is 709 g/mol. The molecule has 0 fully saturated rings. The maximum Gasteiger partial charge on any atom is 0.306 e. The molecule has 0 saturated carbocycles. The summed E-state index contributed by atoms with van der Waals surface area (Å²) < 4.78 is 16.6. The fourth-order valence-corrected chi connectivity index (χ4v) is 7.42. The van der Waals surface area contributed by atoms with E-state index in [4.69, 9.17) is 14.2 Å². The van der Waals surface area contributed by atoms with Crippen molar-refractivity contribution < 1.29 is 28.6 Å². The zero-order valence-corrected chi connectivity index (χ0v) is 38.4. The van der Waals surface area contributed by atoms with E-state index in [1.165, 1.54) is 167 Å². The molecule has 0 aliphatic carbocycles. The van der Waals surface area contributed by atoms with Crippen molar-refractivity contribution in [1.29, 1.82) is 0 Å². The number of hydrogen-bond acceptors (Lipinski definition) is 6. The molecule has 57 heavy (non-hydrogen) atoms. The number of ether oxygens (including phenoxy) is 3. The molecule has 0 radical (unpaired) electrons. The van der Waals surface area contributed by atoms with Gasteiger partial charge >= 0.3 is 17.9 Å². The molecule has 1 atom stereocenters. The van der Waals surface area contributed by atoms with E-state index >= 15 is 0 Å². The SMILES string of the molecule is CCCC/C=C\CCCCCCCC(=O)OC(COC(=O)CCCCCCC)COC(=O)CCCCCCCCCCCCCCCCCCCCCCCCC. The fraction of sp³-hybridized carbons (Fsp3) is 0.902. The smallest absolute Gasteiger partial charge is 0.306 e. The van der Waals surface area contributed by atoms with Gasteiger partial charge in [0.1, 0.15) is 13.2 Å². The summed E-state index contributed by atoms with van der Waals surface area (Å²) in [5.41, 5.74) is 0. The average molecular weight is 805 g/mol. The first-order chi connectivity index (χ1) is 28.0. The van der Waals surface area contributed by atoms with Crippen LogP contribution in [0.5, 0.6) is 0 Å². The van der Waals surface area contributed by atoms with Crippen molar-refractivity contribution in [1.82, 2.24) is 0 Å². The van der Waals surface area contributed by atoms with Crippen molar-refractivity contribution in [2.45, 2.75) is 284 Å². The first kappa shape index (κ1) is 55.2. The highest BCUT2D eigenvalue weighted by atomic mass is 16.6. The molecule has 0 aromatic rings. The Morgan fingerprint density at radius 2 is 0.596 bits per heavy atom. The third kappa shape index (κ3) is 45.1. The lowest BCUT2D eigenvalue weighted by molar-refractivity contribution is -0.167. The monoisotopic (exact) mass is 805 g/mol. The zero-order chi connectivity index (χ0) is 41.5. The molecule has 0 heterocycles. The average Bonchev–Trinajstić information content (AvgIpc) is 3.21. The second kappa shape index (κ2) is 46.8. The largest absolute Gasteiger partial charge is 0.462 e. The van der Waals surface area contributed by atoms with Crippen LogP contribution < -0.4 is 0 Å². The molecular formula is C51H96O6. The van der Waals surface area contributed by atoms with Gasteiger partial charge in [-0.3, -0.25) is 14.4 Å². The summed E-state index contributed by atoms with van der Waals surface area (Å²) in [4.78, 5) is 37.5. The van der Waals surface area contributed by atoms with Gasteiger partial charge < -0.3 is 14.2 Å². The van der Waals surface area contributed by atoms with Gasteiger partial charge in [0.15, 0.2) is 6.10 Å². The van der Waals surface area contributed by atoms with Gasteiger partial charge in [0.25, 0.3) is 0 Å². The summed E-state index contributed by atoms with van der Waals surface area (Å²) >= 11 is 0. The molecule has 0 aliphatic rings. The van der Waals surface area contributed by atoms with Crippen LogP contribution in [0.4, 0.5) is 0 Å². The molecule has 0 N–H and O–H groups in total. The maximum atomic E-state index is 12.6. The van der Waals surface area contributed by atoms with Crippen molar-refractivity contribution in [3.63, 3.8) is 0 Å². The number of carbonyl (C=O) groups excluding carboxylic acids is 3. The normalized spacial score (nSPS) is 12.0. The second-order valence-electron chi connectivity index (χ2n) is 17.1. The van der Waals surface area contributed by atoms with Crippen LogP contribution in [0.2, 0.25) is 0 Å². The molecule has 6 heteroatoms. The summed E-state index contributed by atoms with van der Waals surface area (Å²) in [6.07, 6.45) is 51.1. The zero-order valence-electron chi connectivity index (χ0n) is 38.4. The molecule has 0 amide bonds. The molecule has 6 nitrogen and oxygen atoms in total. The van der Waals surface area contributed by atoms with E-state index in [-0.39, 0.29) is 31.1 Å². The minimum absolute atomic E-state index is 0.0700. The van der Waals surface area contributed by atoms with E-state index < -0.39 is 6.10 Å². The van der Waals surface area contributed by atoms with Gasteiger partial charge in [0.2, 0.25) is 0 Å². The van der Waals surface area contributed by atoms with E-state index in [0.29, 0.717) is 19.3 Å². The van der Waals surface area contributed by atoms with Crippen LogP contribution in [0.1, 0.15) is 278 Å². The highest BCUT2D eigenvalue weighted by Crippen LogP contribution is 2.16. The number of hydrogen-bond donors (Lipinski definition) is 0. The lowest BCUT2D eigenvalue weighted by atomic mass is 10.0. The van der Waals surface area contributed by atoms with Crippen molar-refractivity contribution in [2.24, 2.45) is 0 Å². The van der Waals surface area contributed by atoms with Crippen LogP contribution in [-0.4, -0.2) is 37.2 Å². The Morgan fingerprint density at radius 3 is 0.930 bits per heavy atom. The molecule has 0 saturated heterocycles. The van der Waals surface area contributed by atoms with Crippen molar-refractivity contribution in [3.05, 3.63) is 12.2 Å². The summed E-state index contributed by atoms with van der Waals surface area (Å²) in [6.45, 7) is 6.54. The van der Waals surface area contributed by atoms with Crippen molar-refractivity contribution >= 4 is 17.9 Å². The molecule has 336 valence electrons. The number of carbonyl (C=O) groups is 3. The third-order valence-electron chi connectivity index (χ3n) is 11.3. The summed E-state index contributed by atoms with van der Waals surface area (Å²) in [5, 5.41) is 0. The predicted molar refractivity (Wildman–Crippen MR) is 243 cm³/mol. The van der Waals surface area contributed by atoms with Gasteiger partial charge in [-0.05, 0) is 38.5 Å². The highest BCUT2D eigenvalue weighted by molar-refractivity contribution is 5.71. The van der Waals surface area contributed by atoms with E-state index in [1.807, 2.05) is 0 Å². The van der Waals surface area contributed by atoms with Gasteiger partial charge in [-0.1, -0.05) is 232 Å². The van der Waals surface area contributed by atoms with Crippen LogP contribution in [0.25, 0.3) is 0 Å². The Kier molecular flexibility index (Phi) is 45.3. The van der Waals surface area contributed by atoms with Gasteiger partial charge in [0, 0.05) is 19.3 Å². The first-order valence-electron chi connectivity index (χ1n) is 25.2. The van der Waals surface area contributed by atoms with E-state index in [1.54, 1.807) is 0 Å². The van der Waals surface area contributed by atoms with Crippen LogP contribution in [0.3, 0.4) is 0 Å². The van der Waals surface area contributed by atoms with E-state index in [9.17, 15) is 14.4 Å². The topological polar surface area (TPSA) is 78.9 Å². The number of allylic oxidation sites excluding steroid dienone is 2. The number of esters is 3. The molecule has 0 aromatic carbocycles. The maximum absolute atomic E-state index is 12.6. The molecule has 0 aliphatic heterocycles. The van der Waals surface area contributed by atoms with Crippen LogP contribution >= 0.6 is 0 Å². The standard InChI is InChI=1S/C51H96O6/c1-4-7-10-13-15-17-19-20-21-22-23-24-25-26-27-28-29-30-32-33-35-38-41-44-50(53)56-47-48(46-55-49(52)43-40-37-12-9-6-3)57-51(54)45-42-39-36-34-31-18-16-14-11-8-5-2/h14,16,48H,4-13,15,17-47H2,1-3H3/b16-14-. The first-order valence-corrected chi connectivity index (χ1v) is 25.2. The number of unbranched alkanes of at least 4 members (excludes halogenated alkanes) is 33. The summed E-state index contributed by atoms with van der Waals surface area (Å²) in [7, 11) is 0. The minimum atomic E-state index is -0.764. The van der Waals surface area contributed by atoms with E-state index in [0.717, 1.165) is 70.6 Å². The second-order valence-corrected chi connectivity index (χ2v) is 17.1. The molecule has 0 aromatic heterocycles. The van der Waals surface area contributed by atoms with Gasteiger partial charge in [-0.15, -0.1) is 0 Å². The minimum Gasteiger partial charge on any atom is -0.462 e. The third-order valence-corrected chi connectivity index (χ3v) is 11.3. The molecule has 0 spiro atoms. The highest BCUT2D eigenvalue weighted by Gasteiger charge is 2.19. The fourth-order valence-electron chi connectivity index (χ4n) is 7.42. The Labute approximate surface area is 354 Å². The predicted octanol–water partition coefficient (Wildman–Crippen LogP) is 16.2. The summed E-state index contributed by atoms with van der Waals surface area (Å²) in [5.74, 6) is -0.883. The lowest BCUT2D eigenvalue weighted by Crippen LogP contribution is -2.30. The van der Waals surface area contributed by atoms with Gasteiger partial charge in [-0.25, -0.2) is 0 Å². The lowest BCUT2D eigenvalue weighted by Gasteiger charge is -2.18. The van der Waals surface area contributed by atoms with Gasteiger partial charge in [-0.2, -0.15) is 0 Å². The van der Waals surface area contributed by atoms with Crippen molar-refractivity contribution in [2.75, 3.05) is 13.2 Å². The van der Waals surface area contributed by atoms with Crippen molar-refractivity contribution in [3.8, 4) is 0 Å². The Bertz CT molecular complexity index is 885.